The molecule has 0 aliphatic rings. The first kappa shape index (κ1) is 25.4. The van der Waals surface area contributed by atoms with Crippen molar-refractivity contribution in [3.8, 4) is 11.5 Å². The highest BCUT2D eigenvalue weighted by atomic mass is 32.2. The SMILES string of the molecule is COC(=O)c1ccc(/C=N\NC(=O)[C@@H](C)N(c2ccc(Oc3ccccc3)cc2)S(C)(=O)=O)cc1. The number of methoxy groups -OCH3 is 1. The van der Waals surface area contributed by atoms with E-state index >= 15 is 0 Å². The number of nitrogens with one attached hydrogen (secondary N) is 1. The zero-order valence-corrected chi connectivity index (χ0v) is 20.2. The van der Waals surface area contributed by atoms with Gasteiger partial charge in [0, 0.05) is 0 Å². The average molecular weight is 496 g/mol. The highest BCUT2D eigenvalue weighted by Gasteiger charge is 2.29. The number of ether oxygens (including phenoxy) is 2. The first-order chi connectivity index (χ1) is 16.7. The molecule has 0 radical (unpaired) electrons. The van der Waals surface area contributed by atoms with E-state index in [1.165, 1.54) is 20.2 Å². The maximum Gasteiger partial charge on any atom is 0.337 e. The van der Waals surface area contributed by atoms with Gasteiger partial charge in [0.2, 0.25) is 10.0 Å². The van der Waals surface area contributed by atoms with Crippen molar-refractivity contribution in [3.63, 3.8) is 0 Å². The molecule has 0 aromatic heterocycles. The normalized spacial score (nSPS) is 12.1. The summed E-state index contributed by atoms with van der Waals surface area (Å²) in [4.78, 5) is 24.2. The Kier molecular flexibility index (Phi) is 8.21. The van der Waals surface area contributed by atoms with Crippen LogP contribution >= 0.6 is 0 Å². The number of hydrazone groups is 1. The van der Waals surface area contributed by atoms with E-state index in [9.17, 15) is 18.0 Å². The second-order valence-electron chi connectivity index (χ2n) is 7.49. The Morgan fingerprint density at radius 2 is 1.54 bits per heavy atom. The highest BCUT2D eigenvalue weighted by Crippen LogP contribution is 2.26. The molecule has 0 saturated heterocycles. The average Bonchev–Trinajstić information content (AvgIpc) is 2.85. The van der Waals surface area contributed by atoms with Crippen LogP contribution in [0.1, 0.15) is 22.8 Å². The van der Waals surface area contributed by atoms with Crippen molar-refractivity contribution in [1.82, 2.24) is 5.43 Å². The molecule has 0 unspecified atom stereocenters. The molecule has 9 nitrogen and oxygen atoms in total. The molecular weight excluding hydrogens is 470 g/mol. The Morgan fingerprint density at radius 1 is 0.943 bits per heavy atom. The van der Waals surface area contributed by atoms with Gasteiger partial charge in [0.15, 0.2) is 0 Å². The van der Waals surface area contributed by atoms with Crippen LogP contribution in [0.2, 0.25) is 0 Å². The number of rotatable bonds is 9. The lowest BCUT2D eigenvalue weighted by Crippen LogP contribution is -2.46. The summed E-state index contributed by atoms with van der Waals surface area (Å²) in [6.45, 7) is 1.46. The number of sulfonamides is 1. The molecule has 3 rings (SSSR count). The third-order valence-electron chi connectivity index (χ3n) is 4.88. The number of nitrogens with zero attached hydrogens (tertiary/aromatic N) is 2. The van der Waals surface area contributed by atoms with Gasteiger partial charge in [-0.15, -0.1) is 0 Å². The summed E-state index contributed by atoms with van der Waals surface area (Å²) in [5.74, 6) is 0.0812. The molecule has 0 aliphatic carbocycles. The summed E-state index contributed by atoms with van der Waals surface area (Å²) in [5, 5.41) is 3.89. The van der Waals surface area contributed by atoms with Gasteiger partial charge in [-0.05, 0) is 61.0 Å². The number of amides is 1. The second-order valence-corrected chi connectivity index (χ2v) is 9.35. The number of carbonyl (C=O) groups is 2. The van der Waals surface area contributed by atoms with Crippen LogP contribution in [0.5, 0.6) is 11.5 Å². The number of carbonyl (C=O) groups excluding carboxylic acids is 2. The Labute approximate surface area is 204 Å². The van der Waals surface area contributed by atoms with Crippen LogP contribution in [0.25, 0.3) is 0 Å². The third-order valence-corrected chi connectivity index (χ3v) is 6.12. The number of benzene rings is 3. The summed E-state index contributed by atoms with van der Waals surface area (Å²) in [7, 11) is -2.50. The summed E-state index contributed by atoms with van der Waals surface area (Å²) in [6.07, 6.45) is 2.41. The van der Waals surface area contributed by atoms with Crippen molar-refractivity contribution < 1.29 is 27.5 Å². The molecule has 3 aromatic rings. The first-order valence-electron chi connectivity index (χ1n) is 10.5. The fourth-order valence-electron chi connectivity index (χ4n) is 3.18. The first-order valence-corrected chi connectivity index (χ1v) is 12.4. The fraction of sp³-hybridized carbons (Fsp3) is 0.160. The Hall–Kier alpha value is -4.18. The van der Waals surface area contributed by atoms with E-state index in [0.717, 1.165) is 10.6 Å². The molecule has 35 heavy (non-hydrogen) atoms. The molecule has 1 atom stereocenters. The lowest BCUT2D eigenvalue weighted by atomic mass is 10.1. The van der Waals surface area contributed by atoms with Gasteiger partial charge in [-0.2, -0.15) is 5.10 Å². The van der Waals surface area contributed by atoms with Crippen molar-refractivity contribution in [2.45, 2.75) is 13.0 Å². The molecule has 0 bridgehead atoms. The molecule has 0 fully saturated rings. The minimum absolute atomic E-state index is 0.304. The molecule has 0 aliphatic heterocycles. The van der Waals surface area contributed by atoms with E-state index in [4.69, 9.17) is 4.74 Å². The standard InChI is InChI=1S/C25H25N3O6S/c1-18(24(29)27-26-17-19-9-11-20(12-10-19)25(30)33-2)28(35(3,31)32)21-13-15-23(16-14-21)34-22-7-5-4-6-8-22/h4-18H,1-3H3,(H,27,29)/b26-17-/t18-/m1/s1. The van der Waals surface area contributed by atoms with E-state index < -0.39 is 27.9 Å². The van der Waals surface area contributed by atoms with E-state index in [2.05, 4.69) is 15.3 Å². The molecule has 182 valence electrons. The Morgan fingerprint density at radius 3 is 2.11 bits per heavy atom. The van der Waals surface area contributed by atoms with Crippen molar-refractivity contribution in [3.05, 3.63) is 90.0 Å². The number of hydrogen-bond donors (Lipinski definition) is 1. The second kappa shape index (κ2) is 11.3. The lowest BCUT2D eigenvalue weighted by molar-refractivity contribution is -0.121. The topological polar surface area (TPSA) is 114 Å². The molecule has 1 amide bonds. The fourth-order valence-corrected chi connectivity index (χ4v) is 4.36. The van der Waals surface area contributed by atoms with Crippen LogP contribution in [0, 0.1) is 0 Å². The van der Waals surface area contributed by atoms with Crippen molar-refractivity contribution in [2.24, 2.45) is 5.10 Å². The van der Waals surface area contributed by atoms with Crippen LogP contribution in [-0.2, 0) is 19.6 Å². The summed E-state index contributed by atoms with van der Waals surface area (Å²) < 4.78 is 36.4. The van der Waals surface area contributed by atoms with Crippen LogP contribution in [0.3, 0.4) is 0 Å². The van der Waals surface area contributed by atoms with Gasteiger partial charge < -0.3 is 9.47 Å². The molecular formula is C25H25N3O6S. The van der Waals surface area contributed by atoms with E-state index in [1.807, 2.05) is 18.2 Å². The van der Waals surface area contributed by atoms with Gasteiger partial charge in [-0.25, -0.2) is 18.6 Å². The lowest BCUT2D eigenvalue weighted by Gasteiger charge is -2.27. The van der Waals surface area contributed by atoms with E-state index in [-0.39, 0.29) is 0 Å². The number of esters is 1. The maximum atomic E-state index is 12.7. The van der Waals surface area contributed by atoms with Gasteiger partial charge in [-0.1, -0.05) is 30.3 Å². The maximum absolute atomic E-state index is 12.7. The molecule has 0 spiro atoms. The van der Waals surface area contributed by atoms with Gasteiger partial charge >= 0.3 is 5.97 Å². The van der Waals surface area contributed by atoms with Crippen molar-refractivity contribution in [1.29, 1.82) is 0 Å². The van der Waals surface area contributed by atoms with Gasteiger partial charge in [0.1, 0.15) is 17.5 Å². The smallest absolute Gasteiger partial charge is 0.337 e. The quantitative estimate of drug-likeness (QED) is 0.276. The van der Waals surface area contributed by atoms with Gasteiger partial charge in [0.25, 0.3) is 5.91 Å². The summed E-state index contributed by atoms with van der Waals surface area (Å²) in [5.41, 5.74) is 3.66. The van der Waals surface area contributed by atoms with Crippen LogP contribution in [0.4, 0.5) is 5.69 Å². The third kappa shape index (κ3) is 6.90. The number of anilines is 1. The summed E-state index contributed by atoms with van der Waals surface area (Å²) in [6, 6.07) is 20.9. The minimum Gasteiger partial charge on any atom is -0.465 e. The zero-order chi connectivity index (χ0) is 25.4. The molecule has 3 aromatic carbocycles. The van der Waals surface area contributed by atoms with E-state index in [1.54, 1.807) is 60.7 Å². The molecule has 10 heteroatoms. The largest absolute Gasteiger partial charge is 0.465 e. The van der Waals surface area contributed by atoms with Crippen LogP contribution in [-0.4, -0.2) is 45.9 Å². The molecule has 1 N–H and O–H groups in total. The Bertz CT molecular complexity index is 1290. The summed E-state index contributed by atoms with van der Waals surface area (Å²) >= 11 is 0. The highest BCUT2D eigenvalue weighted by molar-refractivity contribution is 7.92. The molecule has 0 saturated carbocycles. The monoisotopic (exact) mass is 495 g/mol. The van der Waals surface area contributed by atoms with Crippen LogP contribution < -0.4 is 14.5 Å². The van der Waals surface area contributed by atoms with Crippen molar-refractivity contribution in [2.75, 3.05) is 17.7 Å². The number of hydrogen-bond acceptors (Lipinski definition) is 7. The minimum atomic E-state index is -3.79. The predicted molar refractivity (Wildman–Crippen MR) is 133 cm³/mol. The zero-order valence-electron chi connectivity index (χ0n) is 19.4. The molecule has 0 heterocycles. The van der Waals surface area contributed by atoms with Crippen molar-refractivity contribution >= 4 is 33.8 Å². The van der Waals surface area contributed by atoms with Gasteiger partial charge in [0.05, 0.1) is 30.8 Å². The van der Waals surface area contributed by atoms with Gasteiger partial charge in [-0.3, -0.25) is 9.10 Å². The number of para-hydroxylation sites is 1. The van der Waals surface area contributed by atoms with E-state index in [0.29, 0.717) is 28.3 Å². The van der Waals surface area contributed by atoms with Crippen LogP contribution in [0.15, 0.2) is 84.0 Å². The predicted octanol–water partition coefficient (Wildman–Crippen LogP) is 3.57. The Balaban J connectivity index is 1.69.